The molecule has 1 N–H and O–H groups in total. The Labute approximate surface area is 213 Å². The zero-order valence-electron chi connectivity index (χ0n) is 19.6. The average Bonchev–Trinajstić information content (AvgIpc) is 2.89. The number of nitrogens with one attached hydrogen (secondary N) is 1. The first-order chi connectivity index (χ1) is 17.6. The molecule has 0 unspecified atom stereocenters. The van der Waals surface area contributed by atoms with E-state index in [2.05, 4.69) is 20.2 Å². The van der Waals surface area contributed by atoms with Crippen LogP contribution in [0.2, 0.25) is 5.02 Å². The molecule has 1 saturated heterocycles. The van der Waals surface area contributed by atoms with E-state index < -0.39 is 0 Å². The quantitative estimate of drug-likeness (QED) is 0.276. The topological polar surface area (TPSA) is 68.7 Å². The number of benzene rings is 3. The van der Waals surface area contributed by atoms with E-state index in [1.807, 2.05) is 24.3 Å². The van der Waals surface area contributed by atoms with E-state index in [-0.39, 0.29) is 5.82 Å². The van der Waals surface area contributed by atoms with Crippen LogP contribution in [0.25, 0.3) is 10.9 Å². The molecule has 1 aliphatic rings. The van der Waals surface area contributed by atoms with Crippen molar-refractivity contribution in [3.05, 3.63) is 77.8 Å². The Kier molecular flexibility index (Phi) is 7.76. The van der Waals surface area contributed by atoms with Crippen molar-refractivity contribution in [2.75, 3.05) is 44.8 Å². The molecule has 0 bridgehead atoms. The SMILES string of the molecule is Fc1cccc(Oc2ccc(Nc3ncnc4ccc(OCCCN5CCOCC5)cc34)cc2Cl)c1. The summed E-state index contributed by atoms with van der Waals surface area (Å²) in [6.07, 6.45) is 2.45. The van der Waals surface area contributed by atoms with Crippen LogP contribution in [-0.2, 0) is 4.74 Å². The van der Waals surface area contributed by atoms with Crippen LogP contribution in [0.5, 0.6) is 17.2 Å². The molecule has 0 radical (unpaired) electrons. The fourth-order valence-electron chi connectivity index (χ4n) is 3.98. The molecule has 0 amide bonds. The first kappa shape index (κ1) is 24.2. The first-order valence-corrected chi connectivity index (χ1v) is 12.2. The number of hydrogen-bond acceptors (Lipinski definition) is 7. The highest BCUT2D eigenvalue weighted by molar-refractivity contribution is 6.32. The van der Waals surface area contributed by atoms with Gasteiger partial charge in [0.25, 0.3) is 0 Å². The Morgan fingerprint density at radius 2 is 1.89 bits per heavy atom. The maximum Gasteiger partial charge on any atom is 0.146 e. The van der Waals surface area contributed by atoms with Crippen LogP contribution in [0.4, 0.5) is 15.9 Å². The van der Waals surface area contributed by atoms with Crippen molar-refractivity contribution in [1.29, 1.82) is 0 Å². The second-order valence-electron chi connectivity index (χ2n) is 8.39. The van der Waals surface area contributed by atoms with Gasteiger partial charge in [-0.15, -0.1) is 0 Å². The number of fused-ring (bicyclic) bond motifs is 1. The number of aromatic nitrogens is 2. The Bertz CT molecular complexity index is 1330. The van der Waals surface area contributed by atoms with Crippen molar-refractivity contribution >= 4 is 34.0 Å². The number of halogens is 2. The second kappa shape index (κ2) is 11.5. The highest BCUT2D eigenvalue weighted by atomic mass is 35.5. The fraction of sp³-hybridized carbons (Fsp3) is 0.259. The lowest BCUT2D eigenvalue weighted by Gasteiger charge is -2.26. The Hall–Kier alpha value is -3.46. The van der Waals surface area contributed by atoms with Crippen LogP contribution in [0.3, 0.4) is 0 Å². The van der Waals surface area contributed by atoms with Gasteiger partial charge in [0, 0.05) is 36.8 Å². The summed E-state index contributed by atoms with van der Waals surface area (Å²) in [5.41, 5.74) is 1.52. The third-order valence-electron chi connectivity index (χ3n) is 5.82. The number of nitrogens with zero attached hydrogens (tertiary/aromatic N) is 3. The highest BCUT2D eigenvalue weighted by Crippen LogP contribution is 2.34. The summed E-state index contributed by atoms with van der Waals surface area (Å²) in [5.74, 6) is 1.82. The zero-order chi connectivity index (χ0) is 24.7. The van der Waals surface area contributed by atoms with Crippen molar-refractivity contribution in [3.8, 4) is 17.2 Å². The number of anilines is 2. The van der Waals surface area contributed by atoms with Crippen LogP contribution in [0, 0.1) is 5.82 Å². The summed E-state index contributed by atoms with van der Waals surface area (Å²) < 4.78 is 30.6. The molecule has 5 rings (SSSR count). The third-order valence-corrected chi connectivity index (χ3v) is 6.11. The van der Waals surface area contributed by atoms with E-state index >= 15 is 0 Å². The molecule has 1 aliphatic heterocycles. The normalized spacial score (nSPS) is 14.1. The van der Waals surface area contributed by atoms with Crippen molar-refractivity contribution in [2.24, 2.45) is 0 Å². The molecule has 0 spiro atoms. The fourth-order valence-corrected chi connectivity index (χ4v) is 4.20. The number of morpholine rings is 1. The average molecular weight is 509 g/mol. The Morgan fingerprint density at radius 1 is 1.00 bits per heavy atom. The maximum atomic E-state index is 13.4. The molecular weight excluding hydrogens is 483 g/mol. The van der Waals surface area contributed by atoms with E-state index in [1.165, 1.54) is 18.5 Å². The molecule has 9 heteroatoms. The molecule has 186 valence electrons. The highest BCUT2D eigenvalue weighted by Gasteiger charge is 2.11. The molecule has 4 aromatic rings. The minimum atomic E-state index is -0.377. The monoisotopic (exact) mass is 508 g/mol. The molecular formula is C27H26ClFN4O3. The smallest absolute Gasteiger partial charge is 0.146 e. The van der Waals surface area contributed by atoms with Gasteiger partial charge in [-0.3, -0.25) is 4.90 Å². The zero-order valence-corrected chi connectivity index (χ0v) is 20.4. The van der Waals surface area contributed by atoms with Gasteiger partial charge in [0.2, 0.25) is 0 Å². The van der Waals surface area contributed by atoms with Crippen molar-refractivity contribution in [3.63, 3.8) is 0 Å². The number of rotatable bonds is 9. The lowest BCUT2D eigenvalue weighted by molar-refractivity contribution is 0.0358. The summed E-state index contributed by atoms with van der Waals surface area (Å²) in [4.78, 5) is 11.2. The van der Waals surface area contributed by atoms with E-state index in [0.717, 1.165) is 61.6 Å². The van der Waals surface area contributed by atoms with Gasteiger partial charge in [-0.1, -0.05) is 17.7 Å². The lowest BCUT2D eigenvalue weighted by atomic mass is 10.2. The molecule has 0 aliphatic carbocycles. The summed E-state index contributed by atoms with van der Waals surface area (Å²) in [7, 11) is 0. The van der Waals surface area contributed by atoms with E-state index in [9.17, 15) is 4.39 Å². The van der Waals surface area contributed by atoms with Crippen LogP contribution in [0.15, 0.2) is 67.0 Å². The van der Waals surface area contributed by atoms with Gasteiger partial charge < -0.3 is 19.5 Å². The van der Waals surface area contributed by atoms with Gasteiger partial charge in [0.05, 0.1) is 30.4 Å². The van der Waals surface area contributed by atoms with Crippen molar-refractivity contribution in [2.45, 2.75) is 6.42 Å². The van der Waals surface area contributed by atoms with E-state index in [4.69, 9.17) is 25.8 Å². The maximum absolute atomic E-state index is 13.4. The number of hydrogen-bond donors (Lipinski definition) is 1. The van der Waals surface area contributed by atoms with Gasteiger partial charge in [-0.25, -0.2) is 14.4 Å². The van der Waals surface area contributed by atoms with Crippen LogP contribution >= 0.6 is 11.6 Å². The molecule has 1 fully saturated rings. The molecule has 7 nitrogen and oxygen atoms in total. The minimum absolute atomic E-state index is 0.372. The predicted octanol–water partition coefficient (Wildman–Crippen LogP) is 6.06. The summed E-state index contributed by atoms with van der Waals surface area (Å²) in [5, 5.41) is 4.51. The summed E-state index contributed by atoms with van der Waals surface area (Å²) in [6.45, 7) is 5.17. The molecule has 36 heavy (non-hydrogen) atoms. The molecule has 1 aromatic heterocycles. The van der Waals surface area contributed by atoms with Crippen molar-refractivity contribution < 1.29 is 18.6 Å². The second-order valence-corrected chi connectivity index (χ2v) is 8.79. The molecule has 2 heterocycles. The molecule has 3 aromatic carbocycles. The van der Waals surface area contributed by atoms with Crippen LogP contribution < -0.4 is 14.8 Å². The third kappa shape index (κ3) is 6.20. The van der Waals surface area contributed by atoms with Gasteiger partial charge in [0.1, 0.15) is 35.2 Å². The van der Waals surface area contributed by atoms with Gasteiger partial charge in [-0.05, 0) is 55.0 Å². The molecule has 0 atom stereocenters. The first-order valence-electron chi connectivity index (χ1n) is 11.8. The minimum Gasteiger partial charge on any atom is -0.494 e. The number of ether oxygens (including phenoxy) is 3. The lowest BCUT2D eigenvalue weighted by Crippen LogP contribution is -2.37. The Balaban J connectivity index is 1.25. The van der Waals surface area contributed by atoms with Gasteiger partial charge >= 0.3 is 0 Å². The van der Waals surface area contributed by atoms with Gasteiger partial charge in [-0.2, -0.15) is 0 Å². The van der Waals surface area contributed by atoms with E-state index in [0.29, 0.717) is 28.9 Å². The summed E-state index contributed by atoms with van der Waals surface area (Å²) in [6, 6.07) is 17.0. The molecule has 0 saturated carbocycles. The van der Waals surface area contributed by atoms with Crippen LogP contribution in [-0.4, -0.2) is 54.3 Å². The van der Waals surface area contributed by atoms with Crippen molar-refractivity contribution in [1.82, 2.24) is 14.9 Å². The largest absolute Gasteiger partial charge is 0.494 e. The predicted molar refractivity (Wildman–Crippen MR) is 138 cm³/mol. The standard InChI is InChI=1S/C27H26ClFN4O3/c28-24-16-20(5-8-26(24)36-22-4-1-3-19(29)15-22)32-27-23-17-21(6-7-25(23)30-18-31-27)35-12-2-9-33-10-13-34-14-11-33/h1,3-8,15-18H,2,9-14H2,(H,30,31,32). The summed E-state index contributed by atoms with van der Waals surface area (Å²) >= 11 is 6.43. The van der Waals surface area contributed by atoms with Crippen LogP contribution in [0.1, 0.15) is 6.42 Å². The Morgan fingerprint density at radius 3 is 2.72 bits per heavy atom. The van der Waals surface area contributed by atoms with Gasteiger partial charge in [0.15, 0.2) is 0 Å². The van der Waals surface area contributed by atoms with E-state index in [1.54, 1.807) is 24.3 Å².